The lowest BCUT2D eigenvalue weighted by molar-refractivity contribution is -0.129. The minimum absolute atomic E-state index is 0.0491. The van der Waals surface area contributed by atoms with E-state index in [1.54, 1.807) is 25.1 Å². The van der Waals surface area contributed by atoms with Crippen LogP contribution < -0.4 is 5.32 Å². The summed E-state index contributed by atoms with van der Waals surface area (Å²) < 4.78 is 7.70. The van der Waals surface area contributed by atoms with E-state index in [2.05, 4.69) is 16.1 Å². The predicted octanol–water partition coefficient (Wildman–Crippen LogP) is 2.92. The Balaban J connectivity index is 1.46. The van der Waals surface area contributed by atoms with E-state index in [0.29, 0.717) is 37.3 Å². The number of ether oxygens (including phenoxy) is 1. The van der Waals surface area contributed by atoms with Crippen molar-refractivity contribution in [2.75, 3.05) is 19.8 Å². The average Bonchev–Trinajstić information content (AvgIpc) is 3.52. The van der Waals surface area contributed by atoms with Gasteiger partial charge in [0.2, 0.25) is 5.91 Å². The summed E-state index contributed by atoms with van der Waals surface area (Å²) in [5, 5.41) is 17.1. The van der Waals surface area contributed by atoms with Gasteiger partial charge in [-0.3, -0.25) is 14.3 Å². The number of nitriles is 1. The van der Waals surface area contributed by atoms with Crippen LogP contribution in [0.4, 0.5) is 0 Å². The van der Waals surface area contributed by atoms with Crippen LogP contribution in [0.25, 0.3) is 11.3 Å². The van der Waals surface area contributed by atoms with Crippen LogP contribution in [0.2, 0.25) is 0 Å². The van der Waals surface area contributed by atoms with Gasteiger partial charge in [-0.1, -0.05) is 18.2 Å². The van der Waals surface area contributed by atoms with Crippen LogP contribution >= 0.6 is 0 Å². The second-order valence-corrected chi connectivity index (χ2v) is 8.96. The normalized spacial score (nSPS) is 21.5. The second-order valence-electron chi connectivity index (χ2n) is 8.96. The van der Waals surface area contributed by atoms with Gasteiger partial charge in [-0.05, 0) is 37.1 Å². The number of amides is 2. The number of allylic oxidation sites excluding steroid dienone is 2. The zero-order valence-electron chi connectivity index (χ0n) is 19.2. The van der Waals surface area contributed by atoms with E-state index in [4.69, 9.17) is 15.1 Å². The van der Waals surface area contributed by atoms with Crippen molar-refractivity contribution < 1.29 is 14.3 Å². The molecule has 0 radical (unpaired) electrons. The fraction of sp³-hybridized carbons (Fsp3) is 0.385. The van der Waals surface area contributed by atoms with Crippen molar-refractivity contribution in [3.8, 4) is 17.3 Å². The third kappa shape index (κ3) is 4.27. The first-order valence-electron chi connectivity index (χ1n) is 11.7. The molecule has 1 saturated heterocycles. The summed E-state index contributed by atoms with van der Waals surface area (Å²) in [5.41, 5.74) is 4.95. The lowest BCUT2D eigenvalue weighted by Gasteiger charge is -2.27. The van der Waals surface area contributed by atoms with Crippen LogP contribution in [-0.2, 0) is 22.5 Å². The zero-order valence-corrected chi connectivity index (χ0v) is 19.2. The van der Waals surface area contributed by atoms with Gasteiger partial charge in [-0.25, -0.2) is 0 Å². The summed E-state index contributed by atoms with van der Waals surface area (Å²) in [6, 6.07) is 9.55. The Morgan fingerprint density at radius 2 is 2.21 bits per heavy atom. The van der Waals surface area contributed by atoms with Crippen molar-refractivity contribution in [2.45, 2.75) is 44.8 Å². The summed E-state index contributed by atoms with van der Waals surface area (Å²) >= 11 is 0. The molecule has 8 heteroatoms. The maximum absolute atomic E-state index is 13.0. The summed E-state index contributed by atoms with van der Waals surface area (Å²) in [7, 11) is 0. The molecule has 0 spiro atoms. The Labute approximate surface area is 198 Å². The van der Waals surface area contributed by atoms with Gasteiger partial charge in [0.1, 0.15) is 0 Å². The fourth-order valence-corrected chi connectivity index (χ4v) is 4.88. The zero-order chi connectivity index (χ0) is 23.7. The van der Waals surface area contributed by atoms with E-state index in [0.717, 1.165) is 42.0 Å². The van der Waals surface area contributed by atoms with E-state index >= 15 is 0 Å². The van der Waals surface area contributed by atoms with Gasteiger partial charge in [0.25, 0.3) is 5.91 Å². The monoisotopic (exact) mass is 457 g/mol. The maximum Gasteiger partial charge on any atom is 0.251 e. The van der Waals surface area contributed by atoms with Gasteiger partial charge >= 0.3 is 0 Å². The molecule has 1 N–H and O–H groups in total. The van der Waals surface area contributed by atoms with Crippen molar-refractivity contribution in [2.24, 2.45) is 0 Å². The molecule has 1 aromatic carbocycles. The minimum Gasteiger partial charge on any atom is -0.379 e. The summed E-state index contributed by atoms with van der Waals surface area (Å²) in [6.45, 7) is 4.15. The highest BCUT2D eigenvalue weighted by molar-refractivity contribution is 5.95. The number of hydrogen-bond donors (Lipinski definition) is 1. The molecule has 3 aliphatic rings. The van der Waals surface area contributed by atoms with Crippen LogP contribution in [-0.4, -0.2) is 52.3 Å². The number of fused-ring (bicyclic) bond motifs is 1. The first kappa shape index (κ1) is 22.1. The Hall–Kier alpha value is -3.70. The predicted molar refractivity (Wildman–Crippen MR) is 126 cm³/mol. The van der Waals surface area contributed by atoms with E-state index in [-0.39, 0.29) is 23.9 Å². The Kier molecular flexibility index (Phi) is 6.03. The number of nitrogens with zero attached hydrogens (tertiary/aromatic N) is 4. The fourth-order valence-electron chi connectivity index (χ4n) is 4.88. The van der Waals surface area contributed by atoms with Crippen molar-refractivity contribution in [3.05, 3.63) is 64.9 Å². The highest BCUT2D eigenvalue weighted by Gasteiger charge is 2.31. The number of benzene rings is 1. The lowest BCUT2D eigenvalue weighted by Crippen LogP contribution is -2.35. The van der Waals surface area contributed by atoms with Crippen molar-refractivity contribution >= 4 is 11.8 Å². The third-order valence-corrected chi connectivity index (χ3v) is 6.69. The molecule has 2 atom stereocenters. The van der Waals surface area contributed by atoms with Crippen molar-refractivity contribution in [1.82, 2.24) is 20.0 Å². The van der Waals surface area contributed by atoms with E-state index < -0.39 is 0 Å². The third-order valence-electron chi connectivity index (χ3n) is 6.69. The average molecular weight is 458 g/mol. The number of hydrogen-bond acceptors (Lipinski definition) is 5. The molecule has 34 heavy (non-hydrogen) atoms. The van der Waals surface area contributed by atoms with Crippen LogP contribution in [0.1, 0.15) is 47.4 Å². The molecular weight excluding hydrogens is 430 g/mol. The Morgan fingerprint density at radius 1 is 1.32 bits per heavy atom. The molecule has 0 saturated carbocycles. The van der Waals surface area contributed by atoms with E-state index in [9.17, 15) is 9.59 Å². The highest BCUT2D eigenvalue weighted by atomic mass is 16.5. The van der Waals surface area contributed by atoms with Crippen LogP contribution in [0.15, 0.2) is 48.1 Å². The number of rotatable bonds is 4. The number of carbonyl (C=O) groups is 2. The van der Waals surface area contributed by atoms with Gasteiger partial charge in [0, 0.05) is 61.0 Å². The quantitative estimate of drug-likeness (QED) is 0.761. The van der Waals surface area contributed by atoms with Gasteiger partial charge in [0.05, 0.1) is 30.5 Å². The summed E-state index contributed by atoms with van der Waals surface area (Å²) in [6.07, 6.45) is 7.76. The molecule has 1 aromatic heterocycles. The molecule has 5 rings (SSSR count). The van der Waals surface area contributed by atoms with Crippen LogP contribution in [0.3, 0.4) is 0 Å². The topological polar surface area (TPSA) is 100 Å². The van der Waals surface area contributed by atoms with Gasteiger partial charge in [-0.2, -0.15) is 10.4 Å². The van der Waals surface area contributed by atoms with Crippen LogP contribution in [0.5, 0.6) is 0 Å². The number of aromatic nitrogens is 2. The lowest BCUT2D eigenvalue weighted by atomic mass is 9.98. The SMILES string of the molecule is CC(=O)N1CCc2c(c(-c3cccc(C(=O)NC4C=C(C#N)C=CC4)c3)nn2C2CCOC2)C1. The maximum atomic E-state index is 13.0. The van der Waals surface area contributed by atoms with Gasteiger partial charge in [0.15, 0.2) is 0 Å². The molecule has 1 fully saturated rings. The smallest absolute Gasteiger partial charge is 0.251 e. The van der Waals surface area contributed by atoms with Crippen molar-refractivity contribution in [1.29, 1.82) is 5.26 Å². The summed E-state index contributed by atoms with van der Waals surface area (Å²) in [5.74, 6) is -0.147. The largest absolute Gasteiger partial charge is 0.379 e. The number of nitrogens with one attached hydrogen (secondary N) is 1. The molecule has 2 aliphatic heterocycles. The standard InChI is InChI=1S/C26H27N5O3/c1-17(32)30-10-8-24-23(15-30)25(29-31(24)22-9-11-34-16-22)19-5-3-6-20(13-19)26(33)28-21-7-2-4-18(12-21)14-27/h2-6,12-13,21-22H,7-11,15-16H2,1H3,(H,28,33). The molecule has 174 valence electrons. The van der Waals surface area contributed by atoms with E-state index in [1.165, 1.54) is 0 Å². The molecule has 2 aromatic rings. The van der Waals surface area contributed by atoms with Gasteiger partial charge in [-0.15, -0.1) is 0 Å². The van der Waals surface area contributed by atoms with Crippen molar-refractivity contribution in [3.63, 3.8) is 0 Å². The Bertz CT molecular complexity index is 1230. The first-order chi connectivity index (χ1) is 16.5. The molecule has 0 bridgehead atoms. The Morgan fingerprint density at radius 3 is 2.97 bits per heavy atom. The van der Waals surface area contributed by atoms with Crippen LogP contribution in [0, 0.1) is 11.3 Å². The summed E-state index contributed by atoms with van der Waals surface area (Å²) in [4.78, 5) is 26.9. The number of carbonyl (C=O) groups excluding carboxylic acids is 2. The highest BCUT2D eigenvalue weighted by Crippen LogP contribution is 2.34. The minimum atomic E-state index is -0.214. The molecule has 1 aliphatic carbocycles. The molecule has 2 unspecified atom stereocenters. The van der Waals surface area contributed by atoms with Gasteiger partial charge < -0.3 is 15.0 Å². The molecule has 2 amide bonds. The second kappa shape index (κ2) is 9.27. The molecule has 8 nitrogen and oxygen atoms in total. The molecule has 3 heterocycles. The first-order valence-corrected chi connectivity index (χ1v) is 11.7. The van der Waals surface area contributed by atoms with E-state index in [1.807, 2.05) is 29.2 Å². The molecular formula is C26H27N5O3.